The van der Waals surface area contributed by atoms with Crippen LogP contribution in [-0.4, -0.2) is 21.0 Å². The Morgan fingerprint density at radius 1 is 0.833 bits per heavy atom. The van der Waals surface area contributed by atoms with E-state index in [4.69, 9.17) is 5.11 Å². The summed E-state index contributed by atoms with van der Waals surface area (Å²) in [6.07, 6.45) is -9.91. The minimum absolute atomic E-state index is 0.0377. The van der Waals surface area contributed by atoms with Gasteiger partial charge in [0.15, 0.2) is 0 Å². The van der Waals surface area contributed by atoms with Crippen molar-refractivity contribution in [3.63, 3.8) is 0 Å². The lowest BCUT2D eigenvalue weighted by Gasteiger charge is -2.15. The second-order valence-electron chi connectivity index (χ2n) is 7.69. The summed E-state index contributed by atoms with van der Waals surface area (Å²) in [6, 6.07) is 14.0. The highest BCUT2D eigenvalue weighted by Crippen LogP contribution is 2.36. The fourth-order valence-electron chi connectivity index (χ4n) is 3.39. The fourth-order valence-corrected chi connectivity index (χ4v) is 3.39. The molecule has 0 aliphatic rings. The summed E-state index contributed by atoms with van der Waals surface area (Å²) in [5.41, 5.74) is -2.05. The number of fused-ring (bicyclic) bond motifs is 1. The van der Waals surface area contributed by atoms with Crippen molar-refractivity contribution >= 4 is 34.3 Å². The van der Waals surface area contributed by atoms with Gasteiger partial charge in [-0.3, -0.25) is 0 Å². The number of aromatic carboxylic acids is 1. The first-order valence-electron chi connectivity index (χ1n) is 10.3. The molecule has 0 aliphatic carbocycles. The van der Waals surface area contributed by atoms with E-state index in [1.54, 1.807) is 24.3 Å². The predicted octanol–water partition coefficient (Wildman–Crippen LogP) is 6.72. The number of rotatable bonds is 6. The third-order valence-electron chi connectivity index (χ3n) is 5.10. The summed E-state index contributed by atoms with van der Waals surface area (Å²) >= 11 is 0. The number of hydrogen-bond acceptors (Lipinski definition) is 5. The molecule has 1 aromatic heterocycles. The monoisotopic (exact) mass is 506 g/mol. The Hall–Kier alpha value is -4.35. The average Bonchev–Trinajstić information content (AvgIpc) is 2.82. The van der Waals surface area contributed by atoms with Gasteiger partial charge >= 0.3 is 18.3 Å². The minimum Gasteiger partial charge on any atom is -0.478 e. The Balaban J connectivity index is 1.65. The van der Waals surface area contributed by atoms with Crippen molar-refractivity contribution in [3.8, 4) is 0 Å². The van der Waals surface area contributed by atoms with Crippen molar-refractivity contribution in [2.45, 2.75) is 18.9 Å². The van der Waals surface area contributed by atoms with Crippen LogP contribution in [0.3, 0.4) is 0 Å². The number of nitrogens with one attached hydrogen (secondary N) is 2. The van der Waals surface area contributed by atoms with Crippen molar-refractivity contribution in [2.24, 2.45) is 0 Å². The molecule has 0 atom stereocenters. The number of carboxylic acid groups (broad SMARTS) is 1. The molecule has 1 heterocycles. The zero-order valence-corrected chi connectivity index (χ0v) is 18.1. The van der Waals surface area contributed by atoms with Crippen LogP contribution in [0.15, 0.2) is 66.7 Å². The third-order valence-corrected chi connectivity index (χ3v) is 5.10. The molecule has 4 aromatic rings. The highest BCUT2D eigenvalue weighted by atomic mass is 19.4. The quantitative estimate of drug-likeness (QED) is 0.252. The number of alkyl halides is 6. The number of nitrogens with zero attached hydrogens (tertiary/aromatic N) is 2. The minimum atomic E-state index is -4.96. The van der Waals surface area contributed by atoms with Crippen molar-refractivity contribution < 1.29 is 36.2 Å². The molecule has 36 heavy (non-hydrogen) atoms. The largest absolute Gasteiger partial charge is 0.478 e. The molecule has 3 aromatic carbocycles. The van der Waals surface area contributed by atoms with E-state index in [1.807, 2.05) is 0 Å². The number of halogens is 6. The van der Waals surface area contributed by atoms with Crippen LogP contribution in [-0.2, 0) is 18.9 Å². The summed E-state index contributed by atoms with van der Waals surface area (Å²) in [6.45, 7) is -0.405. The summed E-state index contributed by atoms with van der Waals surface area (Å²) in [4.78, 5) is 19.7. The standard InChI is InChI=1S/C24H16F6N4O2/c25-23(26,27)15-9-13(10-16(11-15)24(28,29)30)12-31-22-33-19-4-2-1-3-18(19)20(34-22)32-17-7-5-14(6-8-17)21(35)36/h1-11H,12H2,(H,35,36)(H2,31,32,33,34). The van der Waals surface area contributed by atoms with E-state index in [2.05, 4.69) is 20.6 Å². The van der Waals surface area contributed by atoms with Gasteiger partial charge < -0.3 is 15.7 Å². The molecule has 0 amide bonds. The van der Waals surface area contributed by atoms with Crippen molar-refractivity contribution in [1.29, 1.82) is 0 Å². The number of carbonyl (C=O) groups is 1. The molecule has 6 nitrogen and oxygen atoms in total. The molecule has 0 aliphatic heterocycles. The molecule has 4 rings (SSSR count). The Bertz CT molecular complexity index is 1390. The van der Waals surface area contributed by atoms with Crippen LogP contribution in [0.25, 0.3) is 10.9 Å². The van der Waals surface area contributed by atoms with Gasteiger partial charge in [0, 0.05) is 17.6 Å². The Morgan fingerprint density at radius 3 is 2.03 bits per heavy atom. The summed E-state index contributed by atoms with van der Waals surface area (Å²) in [5.74, 6) is -0.834. The number of aromatic nitrogens is 2. The van der Waals surface area contributed by atoms with E-state index >= 15 is 0 Å². The highest BCUT2D eigenvalue weighted by Gasteiger charge is 2.36. The normalized spacial score (nSPS) is 11.9. The SMILES string of the molecule is O=C(O)c1ccc(Nc2nc(NCc3cc(C(F)(F)F)cc(C(F)(F)F)c3)nc3ccccc23)cc1. The molecule has 0 fully saturated rings. The molecular weight excluding hydrogens is 490 g/mol. The molecule has 12 heteroatoms. The average molecular weight is 506 g/mol. The summed E-state index contributed by atoms with van der Waals surface area (Å²) < 4.78 is 78.9. The van der Waals surface area contributed by atoms with Gasteiger partial charge in [0.2, 0.25) is 5.95 Å². The molecule has 186 valence electrons. The van der Waals surface area contributed by atoms with Gasteiger partial charge in [-0.2, -0.15) is 31.3 Å². The van der Waals surface area contributed by atoms with Crippen molar-refractivity contribution in [3.05, 3.63) is 89.0 Å². The highest BCUT2D eigenvalue weighted by molar-refractivity contribution is 5.92. The van der Waals surface area contributed by atoms with Crippen LogP contribution in [0.4, 0.5) is 43.8 Å². The van der Waals surface area contributed by atoms with Gasteiger partial charge in [-0.1, -0.05) is 12.1 Å². The lowest BCUT2D eigenvalue weighted by molar-refractivity contribution is -0.143. The van der Waals surface area contributed by atoms with Gasteiger partial charge in [-0.15, -0.1) is 0 Å². The molecule has 0 unspecified atom stereocenters. The number of anilines is 3. The number of benzene rings is 3. The number of carboxylic acids is 1. The molecule has 0 bridgehead atoms. The summed E-state index contributed by atoms with van der Waals surface area (Å²) in [7, 11) is 0. The first kappa shape index (κ1) is 24.8. The van der Waals surface area contributed by atoms with E-state index in [-0.39, 0.29) is 23.1 Å². The lowest BCUT2D eigenvalue weighted by atomic mass is 10.0. The van der Waals surface area contributed by atoms with Crippen LogP contribution in [0.2, 0.25) is 0 Å². The second kappa shape index (κ2) is 9.36. The van der Waals surface area contributed by atoms with E-state index < -0.39 is 36.0 Å². The predicted molar refractivity (Wildman–Crippen MR) is 120 cm³/mol. The van der Waals surface area contributed by atoms with Gasteiger partial charge in [0.05, 0.1) is 22.2 Å². The molecule has 0 saturated carbocycles. The Kier molecular flexibility index (Phi) is 6.44. The zero-order valence-electron chi connectivity index (χ0n) is 18.1. The molecule has 0 saturated heterocycles. The lowest BCUT2D eigenvalue weighted by Crippen LogP contribution is -2.13. The first-order valence-corrected chi connectivity index (χ1v) is 10.3. The second-order valence-corrected chi connectivity index (χ2v) is 7.69. The van der Waals surface area contributed by atoms with Gasteiger partial charge in [-0.05, 0) is 60.2 Å². The maximum Gasteiger partial charge on any atom is 0.416 e. The van der Waals surface area contributed by atoms with Crippen molar-refractivity contribution in [2.75, 3.05) is 10.6 Å². The first-order chi connectivity index (χ1) is 16.9. The van der Waals surface area contributed by atoms with Crippen LogP contribution in [0.1, 0.15) is 27.0 Å². The number of hydrogen-bond donors (Lipinski definition) is 3. The summed E-state index contributed by atoms with van der Waals surface area (Å²) in [5, 5.41) is 15.3. The van der Waals surface area contributed by atoms with Gasteiger partial charge in [0.25, 0.3) is 0 Å². The topological polar surface area (TPSA) is 87.1 Å². The maximum absolute atomic E-state index is 13.1. The molecule has 3 N–H and O–H groups in total. The van der Waals surface area contributed by atoms with Crippen LogP contribution >= 0.6 is 0 Å². The third kappa shape index (κ3) is 5.65. The van der Waals surface area contributed by atoms with E-state index in [0.717, 1.165) is 0 Å². The van der Waals surface area contributed by atoms with Crippen LogP contribution in [0, 0.1) is 0 Å². The van der Waals surface area contributed by atoms with E-state index in [1.165, 1.54) is 24.3 Å². The smallest absolute Gasteiger partial charge is 0.416 e. The maximum atomic E-state index is 13.1. The Labute approximate surface area is 199 Å². The van der Waals surface area contributed by atoms with Crippen LogP contribution in [0.5, 0.6) is 0 Å². The Morgan fingerprint density at radius 2 is 1.44 bits per heavy atom. The van der Waals surface area contributed by atoms with Crippen LogP contribution < -0.4 is 10.6 Å². The van der Waals surface area contributed by atoms with Gasteiger partial charge in [0.1, 0.15) is 5.82 Å². The van der Waals surface area contributed by atoms with Crippen molar-refractivity contribution in [1.82, 2.24) is 9.97 Å². The fraction of sp³-hybridized carbons (Fsp3) is 0.125. The molecule has 0 spiro atoms. The number of para-hydroxylation sites is 1. The molecular formula is C24H16F6N4O2. The zero-order chi connectivity index (χ0) is 26.1. The van der Waals surface area contributed by atoms with Gasteiger partial charge in [-0.25, -0.2) is 9.78 Å². The molecule has 0 radical (unpaired) electrons. The van der Waals surface area contributed by atoms with E-state index in [0.29, 0.717) is 34.5 Å². The van der Waals surface area contributed by atoms with E-state index in [9.17, 15) is 31.1 Å².